The van der Waals surface area contributed by atoms with Crippen LogP contribution in [0.5, 0.6) is 0 Å². The second kappa shape index (κ2) is 24.5. The molecule has 25 heteroatoms. The third-order valence-corrected chi connectivity index (χ3v) is 11.9. The predicted molar refractivity (Wildman–Crippen MR) is 216 cm³/mol. The summed E-state index contributed by atoms with van der Waals surface area (Å²) in [5.74, 6) is 0. The van der Waals surface area contributed by atoms with Crippen LogP contribution in [0.3, 0.4) is 0 Å². The van der Waals surface area contributed by atoms with Crippen LogP contribution < -0.4 is 45.9 Å². The van der Waals surface area contributed by atoms with Crippen LogP contribution in [0.25, 0.3) is 0 Å². The summed E-state index contributed by atoms with van der Waals surface area (Å²) in [4.78, 5) is 3.67. The fourth-order valence-electron chi connectivity index (χ4n) is 8.13. The summed E-state index contributed by atoms with van der Waals surface area (Å²) in [6.07, 6.45) is -17.8. The maximum absolute atomic E-state index is 10.9. The first kappa shape index (κ1) is 52.6. The van der Waals surface area contributed by atoms with Gasteiger partial charge < -0.3 is 130 Å². The maximum atomic E-state index is 10.9. The number of nitrogens with zero attached hydrogens (tertiary/aromatic N) is 2. The third kappa shape index (κ3) is 14.0. The molecule has 360 valence electrons. The Kier molecular flexibility index (Phi) is 21.1. The molecule has 2 saturated carbocycles. The number of ether oxygens (including phenoxy) is 7. The third-order valence-electron chi connectivity index (χ3n) is 11.9. The Morgan fingerprint density at radius 1 is 0.541 bits per heavy atom. The van der Waals surface area contributed by atoms with E-state index in [-0.39, 0.29) is 52.2 Å². The molecule has 0 aromatic heterocycles. The molecule has 61 heavy (non-hydrogen) atoms. The highest BCUT2D eigenvalue weighted by Gasteiger charge is 2.50. The molecule has 22 atom stereocenters. The molecule has 4 rings (SSSR count). The Labute approximate surface area is 356 Å². The van der Waals surface area contributed by atoms with Crippen molar-refractivity contribution in [1.29, 1.82) is 0 Å². The van der Waals surface area contributed by atoms with Crippen LogP contribution in [0.4, 0.5) is 0 Å². The highest BCUT2D eigenvalue weighted by atomic mass is 16.7. The summed E-state index contributed by atoms with van der Waals surface area (Å²) in [6.45, 7) is 1.34. The minimum atomic E-state index is -1.38. The molecule has 0 radical (unpaired) electrons. The maximum Gasteiger partial charge on any atom is 0.176 e. The molecular formula is C36H76N10O15. The average molecular weight is 889 g/mol. The van der Waals surface area contributed by atoms with E-state index in [1.807, 2.05) is 9.80 Å². The Bertz CT molecular complexity index is 1170. The van der Waals surface area contributed by atoms with Gasteiger partial charge in [-0.15, -0.1) is 0 Å². The fraction of sp³-hybridized carbons (Fsp3) is 1.00. The van der Waals surface area contributed by atoms with Gasteiger partial charge in [-0.3, -0.25) is 0 Å². The van der Waals surface area contributed by atoms with Crippen molar-refractivity contribution in [3.63, 3.8) is 0 Å². The summed E-state index contributed by atoms with van der Waals surface area (Å²) in [5.41, 5.74) is 48.4. The Morgan fingerprint density at radius 2 is 0.902 bits per heavy atom. The lowest BCUT2D eigenvalue weighted by Crippen LogP contribution is -2.68. The minimum absolute atomic E-state index is 0.107. The zero-order valence-electron chi connectivity index (χ0n) is 35.1. The van der Waals surface area contributed by atoms with Gasteiger partial charge in [0.2, 0.25) is 0 Å². The van der Waals surface area contributed by atoms with Crippen molar-refractivity contribution in [2.75, 3.05) is 79.8 Å². The molecule has 2 saturated heterocycles. The van der Waals surface area contributed by atoms with Crippen molar-refractivity contribution in [2.45, 2.75) is 147 Å². The normalized spacial score (nSPS) is 43.5. The van der Waals surface area contributed by atoms with Crippen molar-refractivity contribution in [3.8, 4) is 0 Å². The topological polar surface area (TPSA) is 441 Å². The van der Waals surface area contributed by atoms with Crippen molar-refractivity contribution in [3.05, 3.63) is 0 Å². The van der Waals surface area contributed by atoms with Gasteiger partial charge in [0.15, 0.2) is 12.6 Å². The molecule has 0 spiro atoms. The van der Waals surface area contributed by atoms with Crippen LogP contribution in [0.2, 0.25) is 0 Å². The van der Waals surface area contributed by atoms with Crippen LogP contribution in [0, 0.1) is 0 Å². The average Bonchev–Trinajstić information content (AvgIpc) is 3.21. The van der Waals surface area contributed by atoms with Gasteiger partial charge in [-0.25, -0.2) is 0 Å². The predicted octanol–water partition coefficient (Wildman–Crippen LogP) is -10.6. The molecule has 0 aromatic carbocycles. The summed E-state index contributed by atoms with van der Waals surface area (Å²) in [6, 6.07) is -5.18. The number of likely N-dealkylation sites (N-methyl/N-ethyl adjacent to an activating group) is 2. The van der Waals surface area contributed by atoms with Gasteiger partial charge in [-0.1, -0.05) is 0 Å². The van der Waals surface area contributed by atoms with Gasteiger partial charge in [-0.05, 0) is 26.9 Å². The highest BCUT2D eigenvalue weighted by molar-refractivity contribution is 5.02. The van der Waals surface area contributed by atoms with Crippen molar-refractivity contribution in [1.82, 2.24) is 9.80 Å². The second-order valence-electron chi connectivity index (χ2n) is 17.0. The number of aliphatic hydroxyl groups is 8. The lowest BCUT2D eigenvalue weighted by Gasteiger charge is -2.47. The molecule has 24 N–H and O–H groups in total. The molecule has 2 aliphatic carbocycles. The molecule has 0 aromatic rings. The van der Waals surface area contributed by atoms with E-state index in [1.54, 1.807) is 14.1 Å². The van der Waals surface area contributed by atoms with E-state index < -0.39 is 134 Å². The second-order valence-corrected chi connectivity index (χ2v) is 17.0. The van der Waals surface area contributed by atoms with Crippen LogP contribution in [0.15, 0.2) is 0 Å². The molecule has 4 aliphatic rings. The van der Waals surface area contributed by atoms with Crippen LogP contribution in [0.1, 0.15) is 12.8 Å². The monoisotopic (exact) mass is 889 g/mol. The summed E-state index contributed by atoms with van der Waals surface area (Å²) in [5, 5.41) is 84.7. The Hall–Kier alpha value is -1.00. The van der Waals surface area contributed by atoms with E-state index in [0.29, 0.717) is 26.3 Å². The number of hydrogen-bond donors (Lipinski definition) is 16. The molecule has 4 fully saturated rings. The van der Waals surface area contributed by atoms with Crippen LogP contribution in [-0.2, 0) is 33.2 Å². The quantitative estimate of drug-likeness (QED) is 0.0449. The smallest absolute Gasteiger partial charge is 0.176 e. The molecule has 0 amide bonds. The fourth-order valence-corrected chi connectivity index (χ4v) is 8.13. The van der Waals surface area contributed by atoms with Crippen molar-refractivity contribution < 1.29 is 74.0 Å². The lowest BCUT2D eigenvalue weighted by molar-refractivity contribution is -0.292. The Morgan fingerprint density at radius 3 is 1.25 bits per heavy atom. The van der Waals surface area contributed by atoms with Gasteiger partial charge in [0.1, 0.15) is 61.0 Å². The first-order valence-corrected chi connectivity index (χ1v) is 21.0. The zero-order valence-corrected chi connectivity index (χ0v) is 35.1. The summed E-state index contributed by atoms with van der Waals surface area (Å²) >= 11 is 0. The van der Waals surface area contributed by atoms with Gasteiger partial charge >= 0.3 is 0 Å². The van der Waals surface area contributed by atoms with Crippen molar-refractivity contribution >= 4 is 0 Å². The standard InChI is InChI=1S/C36H76N10O15/c1-45(11-15(47)13-56-33-25(49)17(39)7-19(41)31(33)60-35-23(43)29(53)27(51)21(9-37)58-35)3-5-55-6-4-46(2)12-16(48)14-57-34-26(50)18(40)8-20(42)32(34)61-36-24(44)30(54)28(52)22(10-38)59-36/h15-36,47-54H,3-14,37-44H2,1-2H3/t15-,16-,17-,18-,19+,20+,21-,22-,23-,24-,25+,26+,27-,28-,29-,30-,31-,32-,33-,34-,35-,36-/m1/s1. The molecule has 2 heterocycles. The van der Waals surface area contributed by atoms with E-state index >= 15 is 0 Å². The van der Waals surface area contributed by atoms with E-state index in [1.165, 1.54) is 0 Å². The SMILES string of the molecule is CN(CCOCCN(C)C[C@@H](O)CO[C@@H]1[C@@H](O)[C@H](N)C[C@H](N)[C@H]1O[C@H]1O[C@H](CN)[C@@H](O)[C@H](O)[C@H]1N)C[C@@H](O)CO[C@@H]1[C@@H](O)[C@H](N)C[C@H](N)[C@H]1O[C@H]1O[C@H](CN)[C@@H](O)[C@H](O)[C@H]1N. The van der Waals surface area contributed by atoms with Gasteiger partial charge in [0.25, 0.3) is 0 Å². The number of aliphatic hydroxyl groups excluding tert-OH is 8. The highest BCUT2D eigenvalue weighted by Crippen LogP contribution is 2.30. The Balaban J connectivity index is 1.15. The summed E-state index contributed by atoms with van der Waals surface area (Å²) in [7, 11) is 3.58. The first-order chi connectivity index (χ1) is 28.8. The zero-order chi connectivity index (χ0) is 45.3. The van der Waals surface area contributed by atoms with Crippen molar-refractivity contribution in [2.24, 2.45) is 45.9 Å². The van der Waals surface area contributed by atoms with Gasteiger partial charge in [0, 0.05) is 63.4 Å². The number of rotatable bonds is 22. The number of nitrogens with two attached hydrogens (primary N) is 8. The number of hydrogen-bond acceptors (Lipinski definition) is 25. The van der Waals surface area contributed by atoms with E-state index in [4.69, 9.17) is 79.0 Å². The van der Waals surface area contributed by atoms with E-state index in [9.17, 15) is 40.9 Å². The summed E-state index contributed by atoms with van der Waals surface area (Å²) < 4.78 is 41.1. The largest absolute Gasteiger partial charge is 0.389 e. The van der Waals surface area contributed by atoms with Crippen LogP contribution in [-0.4, -0.2) is 265 Å². The van der Waals surface area contributed by atoms with Gasteiger partial charge in [-0.2, -0.15) is 0 Å². The minimum Gasteiger partial charge on any atom is -0.389 e. The lowest BCUT2D eigenvalue weighted by atomic mass is 9.84. The molecule has 0 unspecified atom stereocenters. The molecule has 2 aliphatic heterocycles. The van der Waals surface area contributed by atoms with E-state index in [2.05, 4.69) is 0 Å². The molecule has 0 bridgehead atoms. The van der Waals surface area contributed by atoms with Crippen LogP contribution >= 0.6 is 0 Å². The molecule has 25 nitrogen and oxygen atoms in total. The van der Waals surface area contributed by atoms with Gasteiger partial charge in [0.05, 0.1) is 62.9 Å². The molecular weight excluding hydrogens is 812 g/mol. The first-order valence-electron chi connectivity index (χ1n) is 21.0. The van der Waals surface area contributed by atoms with E-state index in [0.717, 1.165) is 0 Å².